The number of halogens is 1. The van der Waals surface area contributed by atoms with Crippen molar-refractivity contribution in [3.63, 3.8) is 0 Å². The van der Waals surface area contributed by atoms with Crippen molar-refractivity contribution in [1.82, 2.24) is 14.8 Å². The maximum atomic E-state index is 13.0. The minimum atomic E-state index is -0.345. The van der Waals surface area contributed by atoms with E-state index in [4.69, 9.17) is 26.1 Å². The van der Waals surface area contributed by atoms with E-state index in [2.05, 4.69) is 10.4 Å². The molecule has 0 fully saturated rings. The van der Waals surface area contributed by atoms with Gasteiger partial charge in [-0.25, -0.2) is 4.98 Å². The monoisotopic (exact) mass is 442 g/mol. The molecule has 7 nitrogen and oxygen atoms in total. The molecule has 0 radical (unpaired) electrons. The number of nitrogens with zero attached hydrogens (tertiary/aromatic N) is 3. The maximum Gasteiger partial charge on any atom is 0.260 e. The van der Waals surface area contributed by atoms with Crippen LogP contribution in [0.3, 0.4) is 0 Å². The summed E-state index contributed by atoms with van der Waals surface area (Å²) >= 11 is 7.76. The third-order valence-corrected chi connectivity index (χ3v) is 6.08. The van der Waals surface area contributed by atoms with Crippen molar-refractivity contribution in [3.8, 4) is 16.6 Å². The minimum Gasteiger partial charge on any atom is -0.497 e. The lowest BCUT2D eigenvalue weighted by Gasteiger charge is -2.11. The Hall–Kier alpha value is -3.10. The fraction of sp³-hybridized carbons (Fsp3) is 0.190. The second-order valence-corrected chi connectivity index (χ2v) is 8.03. The predicted molar refractivity (Wildman–Crippen MR) is 119 cm³/mol. The fourth-order valence-electron chi connectivity index (χ4n) is 3.09. The van der Waals surface area contributed by atoms with Crippen molar-refractivity contribution in [2.75, 3.05) is 19.5 Å². The molecule has 0 aliphatic carbocycles. The Morgan fingerprint density at radius 2 is 1.93 bits per heavy atom. The molecule has 9 heteroatoms. The van der Waals surface area contributed by atoms with Gasteiger partial charge in [0.15, 0.2) is 0 Å². The Balaban J connectivity index is 1.74. The Morgan fingerprint density at radius 1 is 1.13 bits per heavy atom. The van der Waals surface area contributed by atoms with Gasteiger partial charge in [0.2, 0.25) is 5.13 Å². The number of aromatic nitrogens is 3. The first-order valence-corrected chi connectivity index (χ1v) is 10.3. The second-order valence-electron chi connectivity index (χ2n) is 6.64. The number of aryl methyl sites for hydroxylation is 2. The van der Waals surface area contributed by atoms with Crippen LogP contribution in [0.15, 0.2) is 36.4 Å². The minimum absolute atomic E-state index is 0.345. The molecule has 2 aromatic carbocycles. The molecule has 2 heterocycles. The zero-order chi connectivity index (χ0) is 21.4. The van der Waals surface area contributed by atoms with Gasteiger partial charge in [0.1, 0.15) is 17.3 Å². The van der Waals surface area contributed by atoms with Crippen LogP contribution in [-0.2, 0) is 0 Å². The summed E-state index contributed by atoms with van der Waals surface area (Å²) in [7, 11) is 3.06. The van der Waals surface area contributed by atoms with Gasteiger partial charge in [-0.1, -0.05) is 29.0 Å². The quantitative estimate of drug-likeness (QED) is 0.469. The molecule has 30 heavy (non-hydrogen) atoms. The third kappa shape index (κ3) is 3.59. The lowest BCUT2D eigenvalue weighted by atomic mass is 10.1. The van der Waals surface area contributed by atoms with E-state index in [0.29, 0.717) is 33.0 Å². The number of rotatable bonds is 5. The Labute approximate surface area is 182 Å². The van der Waals surface area contributed by atoms with Crippen molar-refractivity contribution in [2.45, 2.75) is 13.8 Å². The summed E-state index contributed by atoms with van der Waals surface area (Å²) in [6, 6.07) is 10.6. The number of hydrogen-bond donors (Lipinski definition) is 1. The Kier molecular flexibility index (Phi) is 5.36. The van der Waals surface area contributed by atoms with E-state index in [0.717, 1.165) is 21.5 Å². The number of benzene rings is 2. The third-order valence-electron chi connectivity index (χ3n) is 4.59. The summed E-state index contributed by atoms with van der Waals surface area (Å²) in [6.07, 6.45) is 0. The number of nitrogens with one attached hydrogen (secondary N) is 1. The molecule has 0 bridgehead atoms. The zero-order valence-corrected chi connectivity index (χ0v) is 18.4. The van der Waals surface area contributed by atoms with Crippen LogP contribution in [0.4, 0.5) is 5.82 Å². The second kappa shape index (κ2) is 7.97. The van der Waals surface area contributed by atoms with Crippen LogP contribution in [0.2, 0.25) is 5.02 Å². The van der Waals surface area contributed by atoms with Crippen LogP contribution in [0, 0.1) is 13.8 Å². The number of carbonyl (C=O) groups is 1. The van der Waals surface area contributed by atoms with E-state index < -0.39 is 0 Å². The van der Waals surface area contributed by atoms with E-state index >= 15 is 0 Å². The molecule has 0 spiro atoms. The first-order chi connectivity index (χ1) is 14.4. The lowest BCUT2D eigenvalue weighted by Crippen LogP contribution is -2.16. The van der Waals surface area contributed by atoms with Gasteiger partial charge in [-0.05, 0) is 43.7 Å². The molecule has 1 N–H and O–H groups in total. The highest BCUT2D eigenvalue weighted by molar-refractivity contribution is 7.21. The Bertz CT molecular complexity index is 1230. The van der Waals surface area contributed by atoms with E-state index in [-0.39, 0.29) is 5.91 Å². The standard InChI is InChI=1S/C21H19ClN4O3S/c1-11-5-7-15(22)19-18(11)24-21(30-19)26-17(9-12(2)25-26)23-20(27)14-10-13(28-3)6-8-16(14)29-4/h5-10H,1-4H3,(H,23,27). The molecule has 1 amide bonds. The summed E-state index contributed by atoms with van der Waals surface area (Å²) in [5, 5.41) is 8.66. The largest absolute Gasteiger partial charge is 0.497 e. The number of hydrogen-bond acceptors (Lipinski definition) is 6. The number of methoxy groups -OCH3 is 2. The molecule has 4 aromatic rings. The number of amides is 1. The molecule has 0 saturated heterocycles. The summed E-state index contributed by atoms with van der Waals surface area (Å²) in [5.41, 5.74) is 2.94. The summed E-state index contributed by atoms with van der Waals surface area (Å²) in [4.78, 5) is 17.7. The van der Waals surface area contributed by atoms with Gasteiger partial charge in [0.25, 0.3) is 5.91 Å². The van der Waals surface area contributed by atoms with Crippen molar-refractivity contribution in [3.05, 3.63) is 58.2 Å². The normalized spacial score (nSPS) is 11.0. The van der Waals surface area contributed by atoms with Crippen LogP contribution in [0.25, 0.3) is 15.3 Å². The van der Waals surface area contributed by atoms with Crippen molar-refractivity contribution in [2.24, 2.45) is 0 Å². The van der Waals surface area contributed by atoms with Gasteiger partial charge in [-0.15, -0.1) is 0 Å². The van der Waals surface area contributed by atoms with Gasteiger partial charge >= 0.3 is 0 Å². The summed E-state index contributed by atoms with van der Waals surface area (Å²) in [6.45, 7) is 3.83. The van der Waals surface area contributed by atoms with Crippen LogP contribution < -0.4 is 14.8 Å². The average molecular weight is 443 g/mol. The SMILES string of the molecule is COc1ccc(OC)c(C(=O)Nc2cc(C)nn2-c2nc3c(C)ccc(Cl)c3s2)c1. The highest BCUT2D eigenvalue weighted by Gasteiger charge is 2.19. The van der Waals surface area contributed by atoms with Gasteiger partial charge in [0, 0.05) is 6.07 Å². The maximum absolute atomic E-state index is 13.0. The van der Waals surface area contributed by atoms with Gasteiger partial charge in [-0.3, -0.25) is 4.79 Å². The Morgan fingerprint density at radius 3 is 2.63 bits per heavy atom. The highest BCUT2D eigenvalue weighted by atomic mass is 35.5. The molecule has 4 rings (SSSR count). The van der Waals surface area contributed by atoms with Crippen molar-refractivity contribution < 1.29 is 14.3 Å². The fourth-order valence-corrected chi connectivity index (χ4v) is 4.37. The number of thiazole rings is 1. The molecule has 0 saturated carbocycles. The number of fused-ring (bicyclic) bond motifs is 1. The van der Waals surface area contributed by atoms with Gasteiger partial charge < -0.3 is 14.8 Å². The highest BCUT2D eigenvalue weighted by Crippen LogP contribution is 2.34. The molecule has 154 valence electrons. The topological polar surface area (TPSA) is 78.3 Å². The molecule has 0 aliphatic rings. The van der Waals surface area contributed by atoms with E-state index in [1.165, 1.54) is 18.4 Å². The van der Waals surface area contributed by atoms with Crippen LogP contribution in [0.5, 0.6) is 11.5 Å². The molecular formula is C21H19ClN4O3S. The van der Waals surface area contributed by atoms with Crippen LogP contribution >= 0.6 is 22.9 Å². The number of carbonyl (C=O) groups excluding carboxylic acids is 1. The van der Waals surface area contributed by atoms with Crippen molar-refractivity contribution in [1.29, 1.82) is 0 Å². The molecule has 2 aromatic heterocycles. The number of ether oxygens (including phenoxy) is 2. The first-order valence-electron chi connectivity index (χ1n) is 9.07. The molecule has 0 atom stereocenters. The lowest BCUT2D eigenvalue weighted by molar-refractivity contribution is 0.102. The first kappa shape index (κ1) is 20.2. The summed E-state index contributed by atoms with van der Waals surface area (Å²) < 4.78 is 13.1. The van der Waals surface area contributed by atoms with E-state index in [9.17, 15) is 4.79 Å². The van der Waals surface area contributed by atoms with E-state index in [1.807, 2.05) is 26.0 Å². The zero-order valence-electron chi connectivity index (χ0n) is 16.8. The van der Waals surface area contributed by atoms with E-state index in [1.54, 1.807) is 36.1 Å². The molecule has 0 unspecified atom stereocenters. The molecular weight excluding hydrogens is 424 g/mol. The number of anilines is 1. The van der Waals surface area contributed by atoms with Crippen LogP contribution in [-0.4, -0.2) is 34.9 Å². The smallest absolute Gasteiger partial charge is 0.260 e. The summed E-state index contributed by atoms with van der Waals surface area (Å²) in [5.74, 6) is 1.15. The molecule has 0 aliphatic heterocycles. The van der Waals surface area contributed by atoms with Crippen molar-refractivity contribution >= 4 is 44.9 Å². The van der Waals surface area contributed by atoms with Gasteiger partial charge in [-0.2, -0.15) is 9.78 Å². The predicted octanol–water partition coefficient (Wildman–Crippen LogP) is 5.02. The average Bonchev–Trinajstić information content (AvgIpc) is 3.34. The van der Waals surface area contributed by atoms with Gasteiger partial charge in [0.05, 0.1) is 40.7 Å². The van der Waals surface area contributed by atoms with Crippen LogP contribution in [0.1, 0.15) is 21.6 Å².